The van der Waals surface area contributed by atoms with Gasteiger partial charge < -0.3 is 10.7 Å². The highest BCUT2D eigenvalue weighted by Crippen LogP contribution is 2.26. The number of rotatable bonds is 4. The van der Waals surface area contributed by atoms with E-state index in [4.69, 9.17) is 5.84 Å². The molecule has 1 amide bonds. The molecule has 0 fully saturated rings. The van der Waals surface area contributed by atoms with E-state index in [1.54, 1.807) is 11.3 Å². The van der Waals surface area contributed by atoms with Gasteiger partial charge in [0.05, 0.1) is 5.75 Å². The Bertz CT molecular complexity index is 890. The van der Waals surface area contributed by atoms with Crippen molar-refractivity contribution in [1.82, 2.24) is 19.8 Å². The Morgan fingerprint density at radius 3 is 2.92 bits per heavy atom. The zero-order valence-electron chi connectivity index (χ0n) is 13.5. The molecule has 0 saturated heterocycles. The van der Waals surface area contributed by atoms with Gasteiger partial charge in [-0.2, -0.15) is 0 Å². The summed E-state index contributed by atoms with van der Waals surface area (Å²) in [5.74, 6) is 7.10. The normalized spacial score (nSPS) is 13.7. The second-order valence-electron chi connectivity index (χ2n) is 5.77. The molecule has 128 valence electrons. The zero-order chi connectivity index (χ0) is 17.2. The summed E-state index contributed by atoms with van der Waals surface area (Å²) in [5, 5.41) is 10.9. The van der Waals surface area contributed by atoms with Gasteiger partial charge in [0, 0.05) is 23.5 Å². The molecule has 6 nitrogen and oxygen atoms in total. The van der Waals surface area contributed by atoms with E-state index < -0.39 is 0 Å². The van der Waals surface area contributed by atoms with Crippen LogP contribution in [0, 0.1) is 0 Å². The largest absolute Gasteiger partial charge is 0.337 e. The first kappa shape index (κ1) is 16.2. The van der Waals surface area contributed by atoms with Crippen molar-refractivity contribution >= 4 is 29.0 Å². The number of amides is 1. The van der Waals surface area contributed by atoms with E-state index in [9.17, 15) is 4.79 Å². The van der Waals surface area contributed by atoms with Crippen molar-refractivity contribution in [2.45, 2.75) is 18.1 Å². The number of aromatic nitrogens is 3. The number of thiophene rings is 1. The molecule has 4 rings (SSSR count). The van der Waals surface area contributed by atoms with Crippen molar-refractivity contribution in [2.24, 2.45) is 0 Å². The molecule has 0 bridgehead atoms. The first-order chi connectivity index (χ1) is 12.2. The van der Waals surface area contributed by atoms with Crippen LogP contribution < -0.4 is 5.84 Å². The van der Waals surface area contributed by atoms with Crippen molar-refractivity contribution in [3.8, 4) is 11.4 Å². The molecular weight excluding hydrogens is 354 g/mol. The molecule has 0 aliphatic carbocycles. The second kappa shape index (κ2) is 6.89. The van der Waals surface area contributed by atoms with Crippen LogP contribution in [-0.4, -0.2) is 38.0 Å². The minimum Gasteiger partial charge on any atom is -0.337 e. The maximum Gasteiger partial charge on any atom is 0.233 e. The van der Waals surface area contributed by atoms with Crippen LogP contribution in [0.25, 0.3) is 11.4 Å². The smallest absolute Gasteiger partial charge is 0.233 e. The van der Waals surface area contributed by atoms with Crippen molar-refractivity contribution in [2.75, 3.05) is 18.1 Å². The lowest BCUT2D eigenvalue weighted by atomic mass is 10.1. The Morgan fingerprint density at radius 1 is 1.24 bits per heavy atom. The van der Waals surface area contributed by atoms with Crippen LogP contribution in [0.4, 0.5) is 0 Å². The lowest BCUT2D eigenvalue weighted by Crippen LogP contribution is -2.36. The third-order valence-corrected chi connectivity index (χ3v) is 6.13. The average molecular weight is 371 g/mol. The van der Waals surface area contributed by atoms with E-state index in [-0.39, 0.29) is 5.91 Å². The van der Waals surface area contributed by atoms with Crippen molar-refractivity contribution in [3.05, 3.63) is 52.2 Å². The van der Waals surface area contributed by atoms with Crippen LogP contribution in [0.5, 0.6) is 0 Å². The molecular formula is C17H17N5OS2. The molecule has 0 saturated carbocycles. The van der Waals surface area contributed by atoms with Crippen LogP contribution in [0.15, 0.2) is 46.9 Å². The molecule has 2 aromatic heterocycles. The highest BCUT2D eigenvalue weighted by Gasteiger charge is 2.22. The fourth-order valence-corrected chi connectivity index (χ4v) is 4.49. The quantitative estimate of drug-likeness (QED) is 0.563. The van der Waals surface area contributed by atoms with Gasteiger partial charge in [0.25, 0.3) is 0 Å². The number of carbonyl (C=O) groups excluding carboxylic acids is 1. The third-order valence-electron chi connectivity index (χ3n) is 4.18. The summed E-state index contributed by atoms with van der Waals surface area (Å²) < 4.78 is 1.44. The third kappa shape index (κ3) is 3.27. The minimum atomic E-state index is 0.103. The summed E-state index contributed by atoms with van der Waals surface area (Å²) in [6, 6.07) is 11.8. The number of nitrogens with two attached hydrogens (primary N) is 1. The molecule has 0 radical (unpaired) electrons. The summed E-state index contributed by atoms with van der Waals surface area (Å²) in [7, 11) is 0. The maximum atomic E-state index is 12.5. The molecule has 3 heterocycles. The van der Waals surface area contributed by atoms with E-state index >= 15 is 0 Å². The Hall–Kier alpha value is -2.32. The molecule has 3 aromatic rings. The Labute approximate surface area is 153 Å². The van der Waals surface area contributed by atoms with Gasteiger partial charge in [0.15, 0.2) is 5.82 Å². The van der Waals surface area contributed by atoms with Crippen LogP contribution in [0.1, 0.15) is 10.4 Å². The zero-order valence-corrected chi connectivity index (χ0v) is 15.1. The number of carbonyl (C=O) groups is 1. The van der Waals surface area contributed by atoms with Gasteiger partial charge >= 0.3 is 0 Å². The summed E-state index contributed by atoms with van der Waals surface area (Å²) in [4.78, 5) is 15.8. The van der Waals surface area contributed by atoms with Crippen molar-refractivity contribution in [3.63, 3.8) is 0 Å². The summed E-state index contributed by atoms with van der Waals surface area (Å²) in [6.45, 7) is 1.47. The molecule has 1 aromatic carbocycles. The number of fused-ring (bicyclic) bond motifs is 1. The summed E-state index contributed by atoms with van der Waals surface area (Å²) in [5.41, 5.74) is 2.17. The molecule has 8 heteroatoms. The lowest BCUT2D eigenvalue weighted by Gasteiger charge is -2.26. The van der Waals surface area contributed by atoms with Crippen LogP contribution in [0.2, 0.25) is 0 Å². The van der Waals surface area contributed by atoms with Crippen LogP contribution >= 0.6 is 23.1 Å². The van der Waals surface area contributed by atoms with Crippen molar-refractivity contribution in [1.29, 1.82) is 0 Å². The monoisotopic (exact) mass is 371 g/mol. The van der Waals surface area contributed by atoms with E-state index in [2.05, 4.69) is 21.6 Å². The van der Waals surface area contributed by atoms with E-state index in [1.165, 1.54) is 26.9 Å². The topological polar surface area (TPSA) is 77.0 Å². The Balaban J connectivity index is 1.41. The minimum absolute atomic E-state index is 0.103. The number of thioether (sulfide) groups is 1. The first-order valence-electron chi connectivity index (χ1n) is 7.94. The van der Waals surface area contributed by atoms with Crippen LogP contribution in [-0.2, 0) is 17.8 Å². The molecule has 1 aliphatic rings. The van der Waals surface area contributed by atoms with Gasteiger partial charge in [0.2, 0.25) is 11.1 Å². The van der Waals surface area contributed by atoms with E-state index in [0.717, 1.165) is 18.5 Å². The summed E-state index contributed by atoms with van der Waals surface area (Å²) >= 11 is 3.09. The predicted octanol–water partition coefficient (Wildman–Crippen LogP) is 2.40. The SMILES string of the molecule is Nn1c(SCC(=O)N2CCc3sccc3C2)nnc1-c1ccccc1. The second-order valence-corrected chi connectivity index (χ2v) is 7.71. The molecule has 2 N–H and O–H groups in total. The summed E-state index contributed by atoms with van der Waals surface area (Å²) in [6.07, 6.45) is 0.939. The number of nitrogen functional groups attached to an aromatic ring is 1. The van der Waals surface area contributed by atoms with Gasteiger partial charge in [-0.1, -0.05) is 42.1 Å². The molecule has 0 spiro atoms. The van der Waals surface area contributed by atoms with Gasteiger partial charge in [-0.05, 0) is 23.4 Å². The molecule has 0 unspecified atom stereocenters. The highest BCUT2D eigenvalue weighted by molar-refractivity contribution is 7.99. The highest BCUT2D eigenvalue weighted by atomic mass is 32.2. The number of nitrogens with zero attached hydrogens (tertiary/aromatic N) is 4. The lowest BCUT2D eigenvalue weighted by molar-refractivity contribution is -0.129. The maximum absolute atomic E-state index is 12.5. The Morgan fingerprint density at radius 2 is 2.08 bits per heavy atom. The van der Waals surface area contributed by atoms with Crippen LogP contribution in [0.3, 0.4) is 0 Å². The first-order valence-corrected chi connectivity index (χ1v) is 9.80. The van der Waals surface area contributed by atoms with Gasteiger partial charge in [0.1, 0.15) is 0 Å². The number of benzene rings is 1. The molecule has 1 aliphatic heterocycles. The number of hydrogen-bond acceptors (Lipinski definition) is 6. The van der Waals surface area contributed by atoms with Gasteiger partial charge in [-0.25, -0.2) is 4.68 Å². The standard InChI is InChI=1S/C17H17N5OS2/c18-22-16(12-4-2-1-3-5-12)19-20-17(22)25-11-15(23)21-8-6-14-13(10-21)7-9-24-14/h1-5,7,9H,6,8,10-11,18H2. The fraction of sp³-hybridized carbons (Fsp3) is 0.235. The van der Waals surface area contributed by atoms with Crippen molar-refractivity contribution < 1.29 is 4.79 Å². The van der Waals surface area contributed by atoms with E-state index in [0.29, 0.717) is 23.3 Å². The predicted molar refractivity (Wildman–Crippen MR) is 99.8 cm³/mol. The van der Waals surface area contributed by atoms with E-state index in [1.807, 2.05) is 35.2 Å². The number of hydrogen-bond donors (Lipinski definition) is 1. The molecule has 25 heavy (non-hydrogen) atoms. The molecule has 0 atom stereocenters. The van der Waals surface area contributed by atoms with Gasteiger partial charge in [-0.15, -0.1) is 21.5 Å². The average Bonchev–Trinajstić information content (AvgIpc) is 3.26. The Kier molecular flexibility index (Phi) is 4.46. The van der Waals surface area contributed by atoms with Gasteiger partial charge in [-0.3, -0.25) is 4.79 Å². The fourth-order valence-electron chi connectivity index (χ4n) is 2.84.